The maximum absolute atomic E-state index is 11.4. The van der Waals surface area contributed by atoms with Crippen molar-refractivity contribution in [3.63, 3.8) is 0 Å². The zero-order valence-electron chi connectivity index (χ0n) is 10.7. The van der Waals surface area contributed by atoms with Gasteiger partial charge in [-0.2, -0.15) is 0 Å². The van der Waals surface area contributed by atoms with E-state index in [1.807, 2.05) is 30.9 Å². The zero-order valence-corrected chi connectivity index (χ0v) is 10.7. The van der Waals surface area contributed by atoms with Gasteiger partial charge < -0.3 is 16.0 Å². The number of aromatic nitrogens is 1. The molecule has 1 heterocycles. The lowest BCUT2D eigenvalue weighted by molar-refractivity contribution is -0.119. The summed E-state index contributed by atoms with van der Waals surface area (Å²) in [6.07, 6.45) is 0. The Labute approximate surface area is 102 Å². The number of nitrogens with zero attached hydrogens (tertiary/aromatic N) is 2. The van der Waals surface area contributed by atoms with E-state index >= 15 is 0 Å². The van der Waals surface area contributed by atoms with Gasteiger partial charge in [-0.15, -0.1) is 0 Å². The van der Waals surface area contributed by atoms with Gasteiger partial charge in [0, 0.05) is 25.8 Å². The second-order valence-corrected chi connectivity index (χ2v) is 3.87. The summed E-state index contributed by atoms with van der Waals surface area (Å²) in [6.45, 7) is 5.45. The molecule has 1 aromatic rings. The third-order valence-corrected chi connectivity index (χ3v) is 2.55. The molecule has 0 radical (unpaired) electrons. The first-order chi connectivity index (χ1) is 8.10. The van der Waals surface area contributed by atoms with Crippen molar-refractivity contribution in [2.24, 2.45) is 5.73 Å². The SMILES string of the molecule is CCN(CC(=O)NC)c1cc(CN)cc(C)n1. The van der Waals surface area contributed by atoms with E-state index in [9.17, 15) is 4.79 Å². The van der Waals surface area contributed by atoms with E-state index < -0.39 is 0 Å². The average Bonchev–Trinajstić information content (AvgIpc) is 2.34. The highest BCUT2D eigenvalue weighted by Gasteiger charge is 2.11. The van der Waals surface area contributed by atoms with Crippen LogP contribution in [0.15, 0.2) is 12.1 Å². The Morgan fingerprint density at radius 3 is 2.76 bits per heavy atom. The Morgan fingerprint density at radius 2 is 2.24 bits per heavy atom. The lowest BCUT2D eigenvalue weighted by Gasteiger charge is -2.21. The van der Waals surface area contributed by atoms with Gasteiger partial charge in [0.1, 0.15) is 5.82 Å². The van der Waals surface area contributed by atoms with Gasteiger partial charge in [-0.25, -0.2) is 4.98 Å². The number of carbonyl (C=O) groups excluding carboxylic acids is 1. The quantitative estimate of drug-likeness (QED) is 0.777. The highest BCUT2D eigenvalue weighted by Crippen LogP contribution is 2.14. The normalized spacial score (nSPS) is 10.1. The highest BCUT2D eigenvalue weighted by molar-refractivity contribution is 5.80. The van der Waals surface area contributed by atoms with Gasteiger partial charge in [0.25, 0.3) is 0 Å². The molecule has 5 heteroatoms. The molecule has 0 aliphatic heterocycles. The molecule has 0 aliphatic carbocycles. The molecule has 0 aliphatic rings. The zero-order chi connectivity index (χ0) is 12.8. The molecule has 1 amide bonds. The van der Waals surface area contributed by atoms with Gasteiger partial charge in [0.2, 0.25) is 5.91 Å². The molecule has 1 rings (SSSR count). The fourth-order valence-corrected chi connectivity index (χ4v) is 1.61. The standard InChI is InChI=1S/C12H20N4O/c1-4-16(8-12(17)14-3)11-6-10(7-13)5-9(2)15-11/h5-6H,4,7-8,13H2,1-3H3,(H,14,17). The summed E-state index contributed by atoms with van der Waals surface area (Å²) in [6, 6.07) is 3.89. The number of amides is 1. The Hall–Kier alpha value is -1.62. The van der Waals surface area contributed by atoms with Crippen LogP contribution in [0.1, 0.15) is 18.2 Å². The van der Waals surface area contributed by atoms with Crippen molar-refractivity contribution in [3.05, 3.63) is 23.4 Å². The van der Waals surface area contributed by atoms with E-state index in [0.717, 1.165) is 23.6 Å². The molecule has 0 atom stereocenters. The average molecular weight is 236 g/mol. The summed E-state index contributed by atoms with van der Waals surface area (Å²) in [5, 5.41) is 2.61. The van der Waals surface area contributed by atoms with Crippen molar-refractivity contribution in [3.8, 4) is 0 Å². The summed E-state index contributed by atoms with van der Waals surface area (Å²) in [4.78, 5) is 17.7. The molecule has 1 aromatic heterocycles. The number of rotatable bonds is 5. The molecule has 0 unspecified atom stereocenters. The second-order valence-electron chi connectivity index (χ2n) is 3.87. The highest BCUT2D eigenvalue weighted by atomic mass is 16.1. The number of aryl methyl sites for hydroxylation is 1. The molecule has 5 nitrogen and oxygen atoms in total. The van der Waals surface area contributed by atoms with Crippen molar-refractivity contribution in [1.29, 1.82) is 0 Å². The minimum Gasteiger partial charge on any atom is -0.358 e. The molecule has 0 fully saturated rings. The van der Waals surface area contributed by atoms with Crippen LogP contribution in [0.4, 0.5) is 5.82 Å². The number of anilines is 1. The van der Waals surface area contributed by atoms with E-state index in [1.165, 1.54) is 0 Å². The maximum Gasteiger partial charge on any atom is 0.239 e. The van der Waals surface area contributed by atoms with Gasteiger partial charge in [-0.3, -0.25) is 4.79 Å². The van der Waals surface area contributed by atoms with E-state index in [4.69, 9.17) is 5.73 Å². The van der Waals surface area contributed by atoms with Crippen LogP contribution in [0.3, 0.4) is 0 Å². The first-order valence-corrected chi connectivity index (χ1v) is 5.73. The third-order valence-electron chi connectivity index (χ3n) is 2.55. The number of hydrogen-bond donors (Lipinski definition) is 2. The lowest BCUT2D eigenvalue weighted by atomic mass is 10.2. The van der Waals surface area contributed by atoms with Crippen molar-refractivity contribution in [1.82, 2.24) is 10.3 Å². The minimum absolute atomic E-state index is 0.0237. The smallest absolute Gasteiger partial charge is 0.239 e. The van der Waals surface area contributed by atoms with E-state index in [-0.39, 0.29) is 5.91 Å². The first kappa shape index (κ1) is 13.4. The van der Waals surface area contributed by atoms with Crippen molar-refractivity contribution < 1.29 is 4.79 Å². The van der Waals surface area contributed by atoms with Crippen LogP contribution in [-0.2, 0) is 11.3 Å². The molecular weight excluding hydrogens is 216 g/mol. The largest absolute Gasteiger partial charge is 0.358 e. The van der Waals surface area contributed by atoms with E-state index in [0.29, 0.717) is 13.1 Å². The van der Waals surface area contributed by atoms with Gasteiger partial charge in [-0.1, -0.05) is 0 Å². The number of hydrogen-bond acceptors (Lipinski definition) is 4. The summed E-state index contributed by atoms with van der Waals surface area (Å²) in [7, 11) is 1.63. The van der Waals surface area contributed by atoms with Crippen LogP contribution in [0.2, 0.25) is 0 Å². The summed E-state index contributed by atoms with van der Waals surface area (Å²) in [5.74, 6) is 0.779. The molecular formula is C12H20N4O. The molecule has 0 saturated carbocycles. The van der Waals surface area contributed by atoms with Crippen molar-refractivity contribution >= 4 is 11.7 Å². The molecule has 17 heavy (non-hydrogen) atoms. The summed E-state index contributed by atoms with van der Waals surface area (Å²) in [5.41, 5.74) is 7.58. The number of nitrogens with two attached hydrogens (primary N) is 1. The maximum atomic E-state index is 11.4. The van der Waals surface area contributed by atoms with Crippen LogP contribution >= 0.6 is 0 Å². The van der Waals surface area contributed by atoms with Crippen LogP contribution in [-0.4, -0.2) is 31.0 Å². The Bertz CT molecular complexity index is 392. The monoisotopic (exact) mass is 236 g/mol. The Kier molecular flexibility index (Phi) is 4.90. The first-order valence-electron chi connectivity index (χ1n) is 5.73. The molecule has 3 N–H and O–H groups in total. The predicted octanol–water partition coefficient (Wildman–Crippen LogP) is 0.421. The van der Waals surface area contributed by atoms with Crippen LogP contribution in [0, 0.1) is 6.92 Å². The van der Waals surface area contributed by atoms with Crippen molar-refractivity contribution in [2.75, 3.05) is 25.0 Å². The Balaban J connectivity index is 2.94. The van der Waals surface area contributed by atoms with E-state index in [1.54, 1.807) is 7.05 Å². The second kappa shape index (κ2) is 6.20. The molecule has 0 saturated heterocycles. The van der Waals surface area contributed by atoms with Crippen LogP contribution < -0.4 is 16.0 Å². The number of nitrogens with one attached hydrogen (secondary N) is 1. The fourth-order valence-electron chi connectivity index (χ4n) is 1.61. The summed E-state index contributed by atoms with van der Waals surface area (Å²) >= 11 is 0. The van der Waals surface area contributed by atoms with E-state index in [2.05, 4.69) is 10.3 Å². The van der Waals surface area contributed by atoms with Crippen molar-refractivity contribution in [2.45, 2.75) is 20.4 Å². The molecule has 0 spiro atoms. The predicted molar refractivity (Wildman–Crippen MR) is 68.8 cm³/mol. The van der Waals surface area contributed by atoms with Crippen LogP contribution in [0.5, 0.6) is 0 Å². The van der Waals surface area contributed by atoms with Gasteiger partial charge in [-0.05, 0) is 31.5 Å². The molecule has 0 aromatic carbocycles. The topological polar surface area (TPSA) is 71.2 Å². The molecule has 0 bridgehead atoms. The summed E-state index contributed by atoms with van der Waals surface area (Å²) < 4.78 is 0. The third kappa shape index (κ3) is 3.71. The fraction of sp³-hybridized carbons (Fsp3) is 0.500. The van der Waals surface area contributed by atoms with Gasteiger partial charge in [0.15, 0.2) is 0 Å². The number of pyridine rings is 1. The van der Waals surface area contributed by atoms with Gasteiger partial charge in [0.05, 0.1) is 6.54 Å². The molecule has 94 valence electrons. The minimum atomic E-state index is -0.0237. The lowest BCUT2D eigenvalue weighted by Crippen LogP contribution is -2.36. The number of likely N-dealkylation sites (N-methyl/N-ethyl adjacent to an activating group) is 2. The van der Waals surface area contributed by atoms with Gasteiger partial charge >= 0.3 is 0 Å². The Morgan fingerprint density at radius 1 is 1.53 bits per heavy atom. The number of carbonyl (C=O) groups is 1. The van der Waals surface area contributed by atoms with Crippen LogP contribution in [0.25, 0.3) is 0 Å².